The summed E-state index contributed by atoms with van der Waals surface area (Å²) in [7, 11) is 1.29. The zero-order valence-electron chi connectivity index (χ0n) is 9.38. The van der Waals surface area contributed by atoms with Gasteiger partial charge in [-0.2, -0.15) is 13.2 Å². The average molecular weight is 343 g/mol. The first-order valence-electron chi connectivity index (χ1n) is 4.93. The zero-order valence-corrected chi connectivity index (χ0v) is 11.8. The molecule has 100 valence electrons. The number of esters is 1. The van der Waals surface area contributed by atoms with E-state index in [9.17, 15) is 18.0 Å². The second kappa shape index (κ2) is 6.47. The molecule has 2 nitrogen and oxygen atoms in total. The minimum Gasteiger partial charge on any atom is -0.469 e. The van der Waals surface area contributed by atoms with Gasteiger partial charge in [-0.25, -0.2) is 0 Å². The van der Waals surface area contributed by atoms with Crippen molar-refractivity contribution in [2.75, 3.05) is 7.11 Å². The number of ether oxygens (including phenoxy) is 1. The molecule has 0 spiro atoms. The summed E-state index contributed by atoms with van der Waals surface area (Å²) in [5, 5.41) is 0. The number of benzene rings is 1. The van der Waals surface area contributed by atoms with E-state index in [1.54, 1.807) is 12.1 Å². The number of alkyl halides is 3. The number of aryl methyl sites for hydroxylation is 1. The Morgan fingerprint density at radius 2 is 2.11 bits per heavy atom. The van der Waals surface area contributed by atoms with Crippen LogP contribution in [0.2, 0.25) is 0 Å². The first-order valence-corrected chi connectivity index (χ1v) is 6.54. The van der Waals surface area contributed by atoms with Gasteiger partial charge in [0.15, 0.2) is 0 Å². The summed E-state index contributed by atoms with van der Waals surface area (Å²) in [6.07, 6.45) is 0.636. The van der Waals surface area contributed by atoms with E-state index >= 15 is 0 Å². The monoisotopic (exact) mass is 342 g/mol. The third-order valence-corrected chi connectivity index (χ3v) is 3.79. The van der Waals surface area contributed by atoms with Crippen molar-refractivity contribution in [1.82, 2.24) is 0 Å². The SMILES string of the molecule is COC(=O)CCc1ccc(SC(F)(F)F)c(Br)c1. The van der Waals surface area contributed by atoms with Crippen LogP contribution in [-0.2, 0) is 16.0 Å². The smallest absolute Gasteiger partial charge is 0.446 e. The maximum absolute atomic E-state index is 12.2. The topological polar surface area (TPSA) is 26.3 Å². The number of rotatable bonds is 4. The second-order valence-electron chi connectivity index (χ2n) is 3.39. The molecular weight excluding hydrogens is 333 g/mol. The van der Waals surface area contributed by atoms with Crippen LogP contribution in [0, 0.1) is 0 Å². The predicted molar refractivity (Wildman–Crippen MR) is 66.4 cm³/mol. The van der Waals surface area contributed by atoms with Crippen LogP contribution >= 0.6 is 27.7 Å². The van der Waals surface area contributed by atoms with E-state index in [1.165, 1.54) is 13.2 Å². The molecule has 0 fully saturated rings. The molecule has 0 heterocycles. The second-order valence-corrected chi connectivity index (χ2v) is 5.35. The molecule has 0 saturated heterocycles. The number of methoxy groups -OCH3 is 1. The minimum atomic E-state index is -4.31. The fraction of sp³-hybridized carbons (Fsp3) is 0.364. The molecule has 0 aromatic heterocycles. The van der Waals surface area contributed by atoms with Gasteiger partial charge in [0, 0.05) is 15.8 Å². The first-order chi connectivity index (χ1) is 8.31. The van der Waals surface area contributed by atoms with Gasteiger partial charge in [0.25, 0.3) is 0 Å². The van der Waals surface area contributed by atoms with E-state index in [0.717, 1.165) is 5.56 Å². The van der Waals surface area contributed by atoms with E-state index in [4.69, 9.17) is 0 Å². The van der Waals surface area contributed by atoms with Gasteiger partial charge >= 0.3 is 11.5 Å². The molecule has 0 radical (unpaired) electrons. The molecule has 0 aliphatic rings. The molecule has 0 aliphatic carbocycles. The van der Waals surface area contributed by atoms with Crippen molar-refractivity contribution in [2.45, 2.75) is 23.2 Å². The van der Waals surface area contributed by atoms with Gasteiger partial charge in [-0.15, -0.1) is 0 Å². The molecule has 1 rings (SSSR count). The molecule has 0 saturated carbocycles. The third kappa shape index (κ3) is 5.30. The minimum absolute atomic E-state index is 0.101. The summed E-state index contributed by atoms with van der Waals surface area (Å²) in [6.45, 7) is 0. The number of halogens is 4. The molecule has 0 unspecified atom stereocenters. The third-order valence-electron chi connectivity index (χ3n) is 2.07. The molecule has 0 amide bonds. The molecule has 0 bridgehead atoms. The maximum atomic E-state index is 12.2. The van der Waals surface area contributed by atoms with E-state index in [0.29, 0.717) is 10.9 Å². The van der Waals surface area contributed by atoms with Crippen molar-refractivity contribution < 1.29 is 22.7 Å². The van der Waals surface area contributed by atoms with Crippen LogP contribution in [0.15, 0.2) is 27.6 Å². The highest BCUT2D eigenvalue weighted by Crippen LogP contribution is 2.40. The molecule has 1 aromatic rings. The Hall–Kier alpha value is -0.690. The Morgan fingerprint density at radius 3 is 2.61 bits per heavy atom. The van der Waals surface area contributed by atoms with Gasteiger partial charge in [-0.05, 0) is 51.8 Å². The van der Waals surface area contributed by atoms with Gasteiger partial charge in [0.2, 0.25) is 0 Å². The summed E-state index contributed by atoms with van der Waals surface area (Å²) >= 11 is 2.91. The van der Waals surface area contributed by atoms with Gasteiger partial charge in [0.05, 0.1) is 7.11 Å². The van der Waals surface area contributed by atoms with Crippen molar-refractivity contribution >= 4 is 33.7 Å². The Balaban J connectivity index is 2.70. The number of hydrogen-bond donors (Lipinski definition) is 0. The van der Waals surface area contributed by atoms with Crippen LogP contribution in [0.5, 0.6) is 0 Å². The molecule has 0 atom stereocenters. The molecule has 18 heavy (non-hydrogen) atoms. The predicted octanol–water partition coefficient (Wildman–Crippen LogP) is 4.17. The zero-order chi connectivity index (χ0) is 13.8. The van der Waals surface area contributed by atoms with Crippen molar-refractivity contribution in [1.29, 1.82) is 0 Å². The molecular formula is C11H10BrF3O2S. The lowest BCUT2D eigenvalue weighted by Crippen LogP contribution is -2.02. The van der Waals surface area contributed by atoms with Crippen molar-refractivity contribution in [3.8, 4) is 0 Å². The van der Waals surface area contributed by atoms with Crippen molar-refractivity contribution in [2.24, 2.45) is 0 Å². The van der Waals surface area contributed by atoms with Gasteiger partial charge in [-0.3, -0.25) is 4.79 Å². The Morgan fingerprint density at radius 1 is 1.44 bits per heavy atom. The first kappa shape index (κ1) is 15.4. The number of carbonyl (C=O) groups is 1. The maximum Gasteiger partial charge on any atom is 0.446 e. The summed E-state index contributed by atoms with van der Waals surface area (Å²) in [5.74, 6) is -0.347. The average Bonchev–Trinajstić information content (AvgIpc) is 2.27. The molecule has 1 aromatic carbocycles. The van der Waals surface area contributed by atoms with Crippen LogP contribution in [0.25, 0.3) is 0 Å². The van der Waals surface area contributed by atoms with Crippen LogP contribution < -0.4 is 0 Å². The highest BCUT2D eigenvalue weighted by atomic mass is 79.9. The van der Waals surface area contributed by atoms with Gasteiger partial charge in [-0.1, -0.05) is 6.07 Å². The highest BCUT2D eigenvalue weighted by Gasteiger charge is 2.30. The number of thioether (sulfide) groups is 1. The van der Waals surface area contributed by atoms with Crippen LogP contribution in [-0.4, -0.2) is 18.6 Å². The normalized spacial score (nSPS) is 11.4. The van der Waals surface area contributed by atoms with Gasteiger partial charge < -0.3 is 4.74 Å². The van der Waals surface area contributed by atoms with Crippen LogP contribution in [0.4, 0.5) is 13.2 Å². The Labute approximate surface area is 115 Å². The molecule has 0 N–H and O–H groups in total. The van der Waals surface area contributed by atoms with E-state index < -0.39 is 5.51 Å². The standard InChI is InChI=1S/C11H10BrF3O2S/c1-17-10(16)5-3-7-2-4-9(8(12)6-7)18-11(13,14)15/h2,4,6H,3,5H2,1H3. The van der Waals surface area contributed by atoms with Crippen molar-refractivity contribution in [3.63, 3.8) is 0 Å². The molecule has 0 aliphatic heterocycles. The van der Waals surface area contributed by atoms with E-state index in [2.05, 4.69) is 20.7 Å². The lowest BCUT2D eigenvalue weighted by atomic mass is 10.1. The van der Waals surface area contributed by atoms with Gasteiger partial charge in [0.1, 0.15) is 0 Å². The Bertz CT molecular complexity index is 435. The number of hydrogen-bond acceptors (Lipinski definition) is 3. The lowest BCUT2D eigenvalue weighted by molar-refractivity contribution is -0.140. The fourth-order valence-corrected chi connectivity index (χ4v) is 2.47. The van der Waals surface area contributed by atoms with Crippen molar-refractivity contribution in [3.05, 3.63) is 28.2 Å². The summed E-state index contributed by atoms with van der Waals surface area (Å²) in [4.78, 5) is 11.0. The number of carbonyl (C=O) groups excluding carboxylic acids is 1. The van der Waals surface area contributed by atoms with E-state index in [1.807, 2.05) is 0 Å². The largest absolute Gasteiger partial charge is 0.469 e. The van der Waals surface area contributed by atoms with E-state index in [-0.39, 0.29) is 29.0 Å². The summed E-state index contributed by atoms with van der Waals surface area (Å²) in [6, 6.07) is 4.54. The Kier molecular flexibility index (Phi) is 5.52. The fourth-order valence-electron chi connectivity index (χ4n) is 1.26. The molecule has 7 heteroatoms. The lowest BCUT2D eigenvalue weighted by Gasteiger charge is -2.09. The summed E-state index contributed by atoms with van der Waals surface area (Å²) in [5.41, 5.74) is -3.53. The summed E-state index contributed by atoms with van der Waals surface area (Å²) < 4.78 is 41.5. The quantitative estimate of drug-likeness (QED) is 0.606. The highest BCUT2D eigenvalue weighted by molar-refractivity contribution is 9.10. The van der Waals surface area contributed by atoms with Crippen LogP contribution in [0.1, 0.15) is 12.0 Å². The van der Waals surface area contributed by atoms with Crippen LogP contribution in [0.3, 0.4) is 0 Å².